The van der Waals surface area contributed by atoms with E-state index in [0.29, 0.717) is 11.8 Å². The first-order valence-corrected chi connectivity index (χ1v) is 7.34. The summed E-state index contributed by atoms with van der Waals surface area (Å²) < 4.78 is 0. The second-order valence-electron chi connectivity index (χ2n) is 5.48. The van der Waals surface area contributed by atoms with E-state index in [4.69, 9.17) is 0 Å². The van der Waals surface area contributed by atoms with Gasteiger partial charge in [-0.1, -0.05) is 29.8 Å². The highest BCUT2D eigenvalue weighted by atomic mass is 16.3. The van der Waals surface area contributed by atoms with Crippen molar-refractivity contribution in [1.82, 2.24) is 5.32 Å². The Morgan fingerprint density at radius 2 is 1.67 bits per heavy atom. The van der Waals surface area contributed by atoms with Gasteiger partial charge in [-0.3, -0.25) is 0 Å². The van der Waals surface area contributed by atoms with Crippen LogP contribution in [0.1, 0.15) is 23.6 Å². The lowest BCUT2D eigenvalue weighted by atomic mass is 10.0. The monoisotopic (exact) mass is 284 g/mol. The second kappa shape index (κ2) is 7.14. The second-order valence-corrected chi connectivity index (χ2v) is 5.48. The largest absolute Gasteiger partial charge is 0.508 e. The Morgan fingerprint density at radius 1 is 1.05 bits per heavy atom. The number of nitrogens with zero attached hydrogens (tertiary/aromatic N) is 1. The Morgan fingerprint density at radius 3 is 2.24 bits per heavy atom. The molecule has 0 heterocycles. The molecule has 2 N–H and O–H groups in total. The van der Waals surface area contributed by atoms with Crippen molar-refractivity contribution in [2.45, 2.75) is 19.4 Å². The third-order valence-electron chi connectivity index (χ3n) is 3.87. The molecule has 0 saturated heterocycles. The maximum Gasteiger partial charge on any atom is 0.115 e. The molecule has 2 aromatic carbocycles. The molecule has 3 heteroatoms. The standard InChI is InChI=1S/C18H24N2O/c1-14-4-6-15(7-5-14)18(19-2)12-13-20(3)16-8-10-17(21)11-9-16/h4-11,18-19,21H,12-13H2,1-3H3. The van der Waals surface area contributed by atoms with Gasteiger partial charge in [-0.05, 0) is 50.2 Å². The number of rotatable bonds is 6. The van der Waals surface area contributed by atoms with Gasteiger partial charge in [0.2, 0.25) is 0 Å². The number of anilines is 1. The number of aryl methyl sites for hydroxylation is 1. The van der Waals surface area contributed by atoms with Gasteiger partial charge in [0, 0.05) is 25.3 Å². The van der Waals surface area contributed by atoms with E-state index >= 15 is 0 Å². The SMILES string of the molecule is CNC(CCN(C)c1ccc(O)cc1)c1ccc(C)cc1. The smallest absolute Gasteiger partial charge is 0.115 e. The van der Waals surface area contributed by atoms with E-state index in [-0.39, 0.29) is 0 Å². The third-order valence-corrected chi connectivity index (χ3v) is 3.87. The van der Waals surface area contributed by atoms with E-state index in [1.165, 1.54) is 11.1 Å². The Hall–Kier alpha value is -2.00. The fourth-order valence-electron chi connectivity index (χ4n) is 2.44. The Labute approximate surface area is 127 Å². The van der Waals surface area contributed by atoms with Crippen molar-refractivity contribution in [1.29, 1.82) is 0 Å². The van der Waals surface area contributed by atoms with Crippen molar-refractivity contribution >= 4 is 5.69 Å². The first-order chi connectivity index (χ1) is 10.1. The van der Waals surface area contributed by atoms with Crippen LogP contribution in [0.2, 0.25) is 0 Å². The molecule has 0 aliphatic heterocycles. The summed E-state index contributed by atoms with van der Waals surface area (Å²) in [5, 5.41) is 12.7. The highest BCUT2D eigenvalue weighted by Crippen LogP contribution is 2.21. The predicted molar refractivity (Wildman–Crippen MR) is 89.0 cm³/mol. The number of benzene rings is 2. The van der Waals surface area contributed by atoms with E-state index in [9.17, 15) is 5.11 Å². The van der Waals surface area contributed by atoms with Crippen molar-refractivity contribution in [3.05, 3.63) is 59.7 Å². The summed E-state index contributed by atoms with van der Waals surface area (Å²) in [6.45, 7) is 3.06. The van der Waals surface area contributed by atoms with Crippen LogP contribution < -0.4 is 10.2 Å². The average Bonchev–Trinajstić information content (AvgIpc) is 2.50. The minimum atomic E-state index is 0.305. The molecule has 1 atom stereocenters. The van der Waals surface area contributed by atoms with E-state index in [1.54, 1.807) is 12.1 Å². The molecule has 3 nitrogen and oxygen atoms in total. The van der Waals surface area contributed by atoms with E-state index in [0.717, 1.165) is 18.7 Å². The fourth-order valence-corrected chi connectivity index (χ4v) is 2.44. The van der Waals surface area contributed by atoms with Gasteiger partial charge < -0.3 is 15.3 Å². The molecule has 0 spiro atoms. The van der Waals surface area contributed by atoms with Crippen LogP contribution in [0.15, 0.2) is 48.5 Å². The van der Waals surface area contributed by atoms with Crippen molar-refractivity contribution in [2.75, 3.05) is 25.5 Å². The van der Waals surface area contributed by atoms with Crippen molar-refractivity contribution in [3.8, 4) is 5.75 Å². The lowest BCUT2D eigenvalue weighted by molar-refractivity contribution is 0.475. The first kappa shape index (κ1) is 15.4. The van der Waals surface area contributed by atoms with Crippen LogP contribution in [-0.2, 0) is 0 Å². The Balaban J connectivity index is 1.96. The summed E-state index contributed by atoms with van der Waals surface area (Å²) in [7, 11) is 4.08. The van der Waals surface area contributed by atoms with Crippen molar-refractivity contribution < 1.29 is 5.11 Å². The highest BCUT2D eigenvalue weighted by Gasteiger charge is 2.10. The zero-order valence-corrected chi connectivity index (χ0v) is 13.0. The van der Waals surface area contributed by atoms with Gasteiger partial charge in [0.25, 0.3) is 0 Å². The molecule has 2 rings (SSSR count). The molecule has 0 aliphatic rings. The molecule has 0 saturated carbocycles. The first-order valence-electron chi connectivity index (χ1n) is 7.34. The molecule has 1 unspecified atom stereocenters. The molecular weight excluding hydrogens is 260 g/mol. The van der Waals surface area contributed by atoms with Crippen LogP contribution in [0.3, 0.4) is 0 Å². The van der Waals surface area contributed by atoms with Gasteiger partial charge in [0.1, 0.15) is 5.75 Å². The molecule has 0 amide bonds. The summed E-state index contributed by atoms with van der Waals surface area (Å²) in [5.41, 5.74) is 3.73. The molecule has 0 fully saturated rings. The zero-order valence-electron chi connectivity index (χ0n) is 13.0. The number of nitrogens with one attached hydrogen (secondary N) is 1. The number of hydrogen-bond donors (Lipinski definition) is 2. The van der Waals surface area contributed by atoms with Gasteiger partial charge >= 0.3 is 0 Å². The number of hydrogen-bond acceptors (Lipinski definition) is 3. The minimum Gasteiger partial charge on any atom is -0.508 e. The molecule has 0 bridgehead atoms. The highest BCUT2D eigenvalue weighted by molar-refractivity contribution is 5.48. The van der Waals surface area contributed by atoms with Gasteiger partial charge in [-0.2, -0.15) is 0 Å². The summed E-state index contributed by atoms with van der Waals surface area (Å²) in [5.74, 6) is 0.305. The number of aromatic hydroxyl groups is 1. The van der Waals surface area contributed by atoms with Gasteiger partial charge in [0.05, 0.1) is 0 Å². The van der Waals surface area contributed by atoms with Gasteiger partial charge in [-0.15, -0.1) is 0 Å². The van der Waals surface area contributed by atoms with Crippen molar-refractivity contribution in [2.24, 2.45) is 0 Å². The normalized spacial score (nSPS) is 12.1. The minimum absolute atomic E-state index is 0.305. The van der Waals surface area contributed by atoms with Gasteiger partial charge in [0.15, 0.2) is 0 Å². The average molecular weight is 284 g/mol. The van der Waals surface area contributed by atoms with Crippen LogP contribution in [0, 0.1) is 6.92 Å². The molecule has 0 radical (unpaired) electrons. The zero-order chi connectivity index (χ0) is 15.2. The van der Waals surface area contributed by atoms with E-state index < -0.39 is 0 Å². The quantitative estimate of drug-likeness (QED) is 0.852. The molecule has 2 aromatic rings. The van der Waals surface area contributed by atoms with Crippen LogP contribution in [0.25, 0.3) is 0 Å². The van der Waals surface area contributed by atoms with Crippen LogP contribution in [0.5, 0.6) is 5.75 Å². The van der Waals surface area contributed by atoms with Gasteiger partial charge in [-0.25, -0.2) is 0 Å². The maximum absolute atomic E-state index is 9.34. The third kappa shape index (κ3) is 4.23. The number of phenolic OH excluding ortho intramolecular Hbond substituents is 1. The fraction of sp³-hybridized carbons (Fsp3) is 0.333. The molecule has 112 valence electrons. The predicted octanol–water partition coefficient (Wildman–Crippen LogP) is 3.49. The summed E-state index contributed by atoms with van der Waals surface area (Å²) in [6, 6.07) is 16.4. The molecular formula is C18H24N2O. The number of phenols is 1. The summed E-state index contributed by atoms with van der Waals surface area (Å²) in [4.78, 5) is 2.21. The van der Waals surface area contributed by atoms with Crippen LogP contribution in [0.4, 0.5) is 5.69 Å². The molecule has 0 aliphatic carbocycles. The maximum atomic E-state index is 9.34. The topological polar surface area (TPSA) is 35.5 Å². The van der Waals surface area contributed by atoms with Crippen LogP contribution in [-0.4, -0.2) is 25.7 Å². The summed E-state index contributed by atoms with van der Waals surface area (Å²) >= 11 is 0. The molecule has 21 heavy (non-hydrogen) atoms. The lowest BCUT2D eigenvalue weighted by Crippen LogP contribution is -2.25. The Kier molecular flexibility index (Phi) is 5.23. The lowest BCUT2D eigenvalue weighted by Gasteiger charge is -2.23. The van der Waals surface area contributed by atoms with Crippen molar-refractivity contribution in [3.63, 3.8) is 0 Å². The van der Waals surface area contributed by atoms with E-state index in [2.05, 4.69) is 48.5 Å². The van der Waals surface area contributed by atoms with E-state index in [1.807, 2.05) is 19.2 Å². The van der Waals surface area contributed by atoms with Crippen LogP contribution >= 0.6 is 0 Å². The summed E-state index contributed by atoms with van der Waals surface area (Å²) in [6.07, 6.45) is 1.02. The molecule has 0 aromatic heterocycles. The Bertz CT molecular complexity index is 548.